The average Bonchev–Trinajstić information content (AvgIpc) is 2.83. The molecule has 1 amide bonds. The summed E-state index contributed by atoms with van der Waals surface area (Å²) in [5.74, 6) is -0.542. The number of nitrogens with zero attached hydrogens (tertiary/aromatic N) is 1. The number of carbonyl (C=O) groups is 1. The second-order valence-corrected chi connectivity index (χ2v) is 5.11. The molecule has 0 unspecified atom stereocenters. The van der Waals surface area contributed by atoms with E-state index >= 15 is 0 Å². The number of amides is 1. The molecule has 0 aliphatic carbocycles. The topological polar surface area (TPSA) is 40.5 Å². The van der Waals surface area contributed by atoms with Crippen molar-refractivity contribution in [2.45, 2.75) is 0 Å². The third-order valence-electron chi connectivity index (χ3n) is 2.73. The number of hydrogen-bond acceptors (Lipinski definition) is 3. The van der Waals surface area contributed by atoms with Crippen LogP contribution in [0.3, 0.4) is 0 Å². The number of aliphatic hydroxyl groups excluding tert-OH is 1. The molecule has 5 heteroatoms. The molecule has 1 aromatic heterocycles. The lowest BCUT2D eigenvalue weighted by molar-refractivity contribution is 0.0748. The van der Waals surface area contributed by atoms with E-state index in [-0.39, 0.29) is 24.9 Å². The van der Waals surface area contributed by atoms with Gasteiger partial charge in [0, 0.05) is 23.2 Å². The van der Waals surface area contributed by atoms with E-state index in [1.807, 2.05) is 0 Å². The van der Waals surface area contributed by atoms with Gasteiger partial charge in [-0.25, -0.2) is 4.39 Å². The first-order chi connectivity index (χ1) is 9.17. The zero-order valence-electron chi connectivity index (χ0n) is 10.3. The van der Waals surface area contributed by atoms with Crippen molar-refractivity contribution in [3.05, 3.63) is 47.6 Å². The molecule has 1 aromatic carbocycles. The normalized spacial score (nSPS) is 10.6. The van der Waals surface area contributed by atoms with Gasteiger partial charge in [-0.3, -0.25) is 4.79 Å². The second kappa shape index (κ2) is 5.95. The molecular weight excluding hydrogens is 265 g/mol. The van der Waals surface area contributed by atoms with Crippen LogP contribution in [0.2, 0.25) is 0 Å². The molecule has 100 valence electrons. The predicted molar refractivity (Wildman–Crippen MR) is 75.0 cm³/mol. The molecule has 0 saturated heterocycles. The van der Waals surface area contributed by atoms with Gasteiger partial charge in [-0.1, -0.05) is 12.1 Å². The van der Waals surface area contributed by atoms with Crippen molar-refractivity contribution in [3.63, 3.8) is 0 Å². The summed E-state index contributed by atoms with van der Waals surface area (Å²) >= 11 is 1.25. The molecule has 19 heavy (non-hydrogen) atoms. The van der Waals surface area contributed by atoms with Gasteiger partial charge < -0.3 is 10.0 Å². The molecule has 2 rings (SSSR count). The highest BCUT2D eigenvalue weighted by Gasteiger charge is 2.17. The largest absolute Gasteiger partial charge is 0.395 e. The number of hydrogen-bond donors (Lipinski definition) is 1. The summed E-state index contributed by atoms with van der Waals surface area (Å²) in [5.41, 5.74) is 0. The van der Waals surface area contributed by atoms with Crippen molar-refractivity contribution in [3.8, 4) is 0 Å². The molecule has 3 nitrogen and oxygen atoms in total. The zero-order valence-corrected chi connectivity index (χ0v) is 11.1. The van der Waals surface area contributed by atoms with Crippen LogP contribution in [0.15, 0.2) is 36.9 Å². The minimum atomic E-state index is -0.328. The van der Waals surface area contributed by atoms with Crippen molar-refractivity contribution in [1.29, 1.82) is 0 Å². The first kappa shape index (κ1) is 13.7. The highest BCUT2D eigenvalue weighted by molar-refractivity contribution is 7.20. The Balaban J connectivity index is 2.34. The SMILES string of the molecule is C=CCN(CCO)C(=O)c1cc2c(F)cccc2s1. The zero-order chi connectivity index (χ0) is 13.8. The number of halogens is 1. The molecule has 0 radical (unpaired) electrons. The lowest BCUT2D eigenvalue weighted by Gasteiger charge is -2.18. The summed E-state index contributed by atoms with van der Waals surface area (Å²) in [6.07, 6.45) is 1.60. The van der Waals surface area contributed by atoms with Gasteiger partial charge in [0.1, 0.15) is 5.82 Å². The fourth-order valence-electron chi connectivity index (χ4n) is 1.84. The minimum Gasteiger partial charge on any atom is -0.395 e. The third-order valence-corrected chi connectivity index (χ3v) is 3.81. The summed E-state index contributed by atoms with van der Waals surface area (Å²) in [6.45, 7) is 4.07. The molecule has 1 heterocycles. The van der Waals surface area contributed by atoms with Crippen LogP contribution in [0.5, 0.6) is 0 Å². The fraction of sp³-hybridized carbons (Fsp3) is 0.214. The van der Waals surface area contributed by atoms with Gasteiger partial charge in [0.25, 0.3) is 5.91 Å². The van der Waals surface area contributed by atoms with E-state index in [1.165, 1.54) is 22.3 Å². The smallest absolute Gasteiger partial charge is 0.264 e. The van der Waals surface area contributed by atoms with Gasteiger partial charge in [0.05, 0.1) is 11.5 Å². The highest BCUT2D eigenvalue weighted by atomic mass is 32.1. The molecule has 1 N–H and O–H groups in total. The van der Waals surface area contributed by atoms with Crippen LogP contribution in [0, 0.1) is 5.82 Å². The van der Waals surface area contributed by atoms with Crippen molar-refractivity contribution in [2.24, 2.45) is 0 Å². The number of fused-ring (bicyclic) bond motifs is 1. The summed E-state index contributed by atoms with van der Waals surface area (Å²) in [7, 11) is 0. The standard InChI is InChI=1S/C14H14FNO2S/c1-2-6-16(7-8-17)14(18)13-9-10-11(15)4-3-5-12(10)19-13/h2-5,9,17H,1,6-8H2. The maximum atomic E-state index is 13.6. The van der Waals surface area contributed by atoms with Crippen LogP contribution < -0.4 is 0 Å². The Morgan fingerprint density at radius 3 is 2.95 bits per heavy atom. The Bertz CT molecular complexity index is 609. The maximum absolute atomic E-state index is 13.6. The van der Waals surface area contributed by atoms with Gasteiger partial charge in [0.15, 0.2) is 0 Å². The predicted octanol–water partition coefficient (Wildman–Crippen LogP) is 2.66. The maximum Gasteiger partial charge on any atom is 0.264 e. The molecule has 0 saturated carbocycles. The molecule has 0 atom stereocenters. The lowest BCUT2D eigenvalue weighted by atomic mass is 10.2. The molecule has 0 aliphatic heterocycles. The van der Waals surface area contributed by atoms with E-state index in [4.69, 9.17) is 5.11 Å². The van der Waals surface area contributed by atoms with E-state index in [2.05, 4.69) is 6.58 Å². The Kier molecular flexibility index (Phi) is 4.29. The molecule has 2 aromatic rings. The van der Waals surface area contributed by atoms with Gasteiger partial charge in [-0.15, -0.1) is 17.9 Å². The number of rotatable bonds is 5. The first-order valence-corrected chi connectivity index (χ1v) is 6.68. The average molecular weight is 279 g/mol. The highest BCUT2D eigenvalue weighted by Crippen LogP contribution is 2.28. The molecule has 0 spiro atoms. The van der Waals surface area contributed by atoms with Crippen LogP contribution in [-0.4, -0.2) is 35.6 Å². The van der Waals surface area contributed by atoms with Crippen molar-refractivity contribution < 1.29 is 14.3 Å². The molecule has 0 aliphatic rings. The lowest BCUT2D eigenvalue weighted by Crippen LogP contribution is -2.33. The summed E-state index contributed by atoms with van der Waals surface area (Å²) in [5, 5.41) is 9.42. The summed E-state index contributed by atoms with van der Waals surface area (Å²) < 4.78 is 14.3. The molecular formula is C14H14FNO2S. The van der Waals surface area contributed by atoms with Crippen molar-refractivity contribution >= 4 is 27.3 Å². The van der Waals surface area contributed by atoms with Crippen molar-refractivity contribution in [2.75, 3.05) is 19.7 Å². The van der Waals surface area contributed by atoms with Gasteiger partial charge in [-0.05, 0) is 18.2 Å². The quantitative estimate of drug-likeness (QED) is 0.855. The minimum absolute atomic E-state index is 0.112. The Morgan fingerprint density at radius 2 is 2.32 bits per heavy atom. The van der Waals surface area contributed by atoms with E-state index < -0.39 is 0 Å². The monoisotopic (exact) mass is 279 g/mol. The van der Waals surface area contributed by atoms with Crippen LogP contribution in [0.1, 0.15) is 9.67 Å². The number of carbonyl (C=O) groups excluding carboxylic acids is 1. The second-order valence-electron chi connectivity index (χ2n) is 4.03. The van der Waals surface area contributed by atoms with Crippen LogP contribution >= 0.6 is 11.3 Å². The van der Waals surface area contributed by atoms with E-state index in [0.717, 1.165) is 4.70 Å². The molecule has 0 bridgehead atoms. The summed E-state index contributed by atoms with van der Waals surface area (Å²) in [6, 6.07) is 6.34. The van der Waals surface area contributed by atoms with Crippen LogP contribution in [0.25, 0.3) is 10.1 Å². The fourth-order valence-corrected chi connectivity index (χ4v) is 2.88. The Morgan fingerprint density at radius 1 is 1.53 bits per heavy atom. The van der Waals surface area contributed by atoms with Gasteiger partial charge in [-0.2, -0.15) is 0 Å². The number of benzene rings is 1. The van der Waals surface area contributed by atoms with Crippen LogP contribution in [-0.2, 0) is 0 Å². The Hall–Kier alpha value is -1.72. The Labute approximate surface area is 114 Å². The van der Waals surface area contributed by atoms with Gasteiger partial charge >= 0.3 is 0 Å². The van der Waals surface area contributed by atoms with E-state index in [0.29, 0.717) is 16.8 Å². The van der Waals surface area contributed by atoms with Gasteiger partial charge in [0.2, 0.25) is 0 Å². The third kappa shape index (κ3) is 2.83. The van der Waals surface area contributed by atoms with Crippen molar-refractivity contribution in [1.82, 2.24) is 4.90 Å². The molecule has 0 fully saturated rings. The first-order valence-electron chi connectivity index (χ1n) is 5.86. The van der Waals surface area contributed by atoms with E-state index in [9.17, 15) is 9.18 Å². The van der Waals surface area contributed by atoms with Crippen LogP contribution in [0.4, 0.5) is 4.39 Å². The summed E-state index contributed by atoms with van der Waals surface area (Å²) in [4.78, 5) is 14.2. The number of aliphatic hydroxyl groups is 1. The number of thiophene rings is 1. The van der Waals surface area contributed by atoms with E-state index in [1.54, 1.807) is 24.3 Å².